The van der Waals surface area contributed by atoms with E-state index < -0.39 is 5.41 Å². The zero-order valence-electron chi connectivity index (χ0n) is 23.7. The van der Waals surface area contributed by atoms with Crippen LogP contribution in [-0.4, -0.2) is 15.0 Å². The van der Waals surface area contributed by atoms with Crippen molar-refractivity contribution in [2.75, 3.05) is 0 Å². The molecule has 0 saturated carbocycles. The smallest absolute Gasteiger partial charge is 0.164 e. The number of benzene rings is 6. The van der Waals surface area contributed by atoms with Crippen LogP contribution in [0.2, 0.25) is 0 Å². The average Bonchev–Trinajstić information content (AvgIpc) is 3.39. The summed E-state index contributed by atoms with van der Waals surface area (Å²) in [7, 11) is 0. The molecule has 0 bridgehead atoms. The first kappa shape index (κ1) is 24.7. The van der Waals surface area contributed by atoms with Gasteiger partial charge in [-0.25, -0.2) is 15.0 Å². The topological polar surface area (TPSA) is 47.9 Å². The Labute approximate surface area is 255 Å². The fourth-order valence-electron chi connectivity index (χ4n) is 6.94. The molecule has 44 heavy (non-hydrogen) atoms. The van der Waals surface area contributed by atoms with E-state index in [-0.39, 0.29) is 0 Å². The van der Waals surface area contributed by atoms with Crippen LogP contribution in [0.4, 0.5) is 0 Å². The number of hydrogen-bond acceptors (Lipinski definition) is 4. The van der Waals surface area contributed by atoms with Crippen LogP contribution in [0.25, 0.3) is 45.3 Å². The molecule has 0 radical (unpaired) electrons. The summed E-state index contributed by atoms with van der Waals surface area (Å²) in [6, 6.07) is 52.5. The predicted octanol–water partition coefficient (Wildman–Crippen LogP) is 9.34. The van der Waals surface area contributed by atoms with Crippen molar-refractivity contribution < 1.29 is 4.74 Å². The Bertz CT molecular complexity index is 2110. The first-order chi connectivity index (χ1) is 21.8. The molecule has 0 N–H and O–H groups in total. The fourth-order valence-corrected chi connectivity index (χ4v) is 6.94. The van der Waals surface area contributed by atoms with E-state index in [1.54, 1.807) is 0 Å². The maximum atomic E-state index is 6.47. The maximum absolute atomic E-state index is 6.47. The molecule has 2 heterocycles. The number of fused-ring (bicyclic) bond motifs is 9. The largest absolute Gasteiger partial charge is 0.457 e. The zero-order valence-corrected chi connectivity index (χ0v) is 23.7. The number of aromatic nitrogens is 3. The second kappa shape index (κ2) is 9.58. The highest BCUT2D eigenvalue weighted by Crippen LogP contribution is 2.62. The van der Waals surface area contributed by atoms with Gasteiger partial charge in [-0.15, -0.1) is 0 Å². The lowest BCUT2D eigenvalue weighted by Crippen LogP contribution is -2.32. The normalized spacial score (nSPS) is 13.4. The van der Waals surface area contributed by atoms with E-state index in [9.17, 15) is 0 Å². The van der Waals surface area contributed by atoms with Crippen LogP contribution in [-0.2, 0) is 5.41 Å². The van der Waals surface area contributed by atoms with E-state index in [2.05, 4.69) is 78.9 Å². The van der Waals surface area contributed by atoms with Crippen LogP contribution < -0.4 is 4.74 Å². The van der Waals surface area contributed by atoms with E-state index in [0.717, 1.165) is 39.3 Å². The maximum Gasteiger partial charge on any atom is 0.164 e. The van der Waals surface area contributed by atoms with Gasteiger partial charge in [-0.3, -0.25) is 0 Å². The van der Waals surface area contributed by atoms with Crippen LogP contribution in [0, 0.1) is 0 Å². The average molecular weight is 564 g/mol. The van der Waals surface area contributed by atoms with Crippen molar-refractivity contribution in [1.82, 2.24) is 15.0 Å². The molecule has 1 spiro atoms. The second-order valence-corrected chi connectivity index (χ2v) is 11.2. The molecular formula is C40H25N3O. The molecule has 1 aliphatic heterocycles. The Kier molecular flexibility index (Phi) is 5.38. The van der Waals surface area contributed by atoms with Crippen molar-refractivity contribution in [2.24, 2.45) is 0 Å². The Balaban J connectivity index is 1.30. The first-order valence-electron chi connectivity index (χ1n) is 14.8. The number of rotatable bonds is 3. The van der Waals surface area contributed by atoms with Crippen LogP contribution in [0.15, 0.2) is 152 Å². The molecule has 0 fully saturated rings. The van der Waals surface area contributed by atoms with Gasteiger partial charge in [0.2, 0.25) is 0 Å². The van der Waals surface area contributed by atoms with Crippen molar-refractivity contribution in [3.05, 3.63) is 174 Å². The number of para-hydroxylation sites is 2. The Hall–Kier alpha value is -5.87. The molecule has 0 amide bonds. The van der Waals surface area contributed by atoms with Gasteiger partial charge < -0.3 is 4.74 Å². The molecule has 4 nitrogen and oxygen atoms in total. The van der Waals surface area contributed by atoms with E-state index in [1.807, 2.05) is 72.8 Å². The second-order valence-electron chi connectivity index (χ2n) is 11.2. The number of hydrogen-bond donors (Lipinski definition) is 0. The predicted molar refractivity (Wildman–Crippen MR) is 174 cm³/mol. The van der Waals surface area contributed by atoms with E-state index in [0.29, 0.717) is 17.5 Å². The summed E-state index contributed by atoms with van der Waals surface area (Å²) >= 11 is 0. The van der Waals surface area contributed by atoms with Crippen molar-refractivity contribution in [2.45, 2.75) is 5.41 Å². The molecule has 4 heteroatoms. The molecule has 0 unspecified atom stereocenters. The van der Waals surface area contributed by atoms with E-state index in [4.69, 9.17) is 19.7 Å². The first-order valence-corrected chi connectivity index (χ1v) is 14.8. The monoisotopic (exact) mass is 563 g/mol. The Morgan fingerprint density at radius 3 is 1.41 bits per heavy atom. The van der Waals surface area contributed by atoms with Gasteiger partial charge in [-0.05, 0) is 40.5 Å². The van der Waals surface area contributed by atoms with E-state index >= 15 is 0 Å². The van der Waals surface area contributed by atoms with Crippen molar-refractivity contribution in [1.29, 1.82) is 0 Å². The summed E-state index contributed by atoms with van der Waals surface area (Å²) in [5, 5.41) is 0. The third kappa shape index (κ3) is 3.55. The van der Waals surface area contributed by atoms with Gasteiger partial charge in [0.1, 0.15) is 11.5 Å². The molecule has 0 atom stereocenters. The molecule has 6 aromatic carbocycles. The summed E-state index contributed by atoms with van der Waals surface area (Å²) in [6.45, 7) is 0. The summed E-state index contributed by atoms with van der Waals surface area (Å²) in [4.78, 5) is 14.9. The standard InChI is InChI=1S/C40H25N3O/c1-3-13-26(14-4-1)37-41-38(27-15-5-2-6-16-27)43-39(42-37)28-23-24-32-30(25-28)29-17-7-8-18-31(29)40(32)33-19-9-11-21-35(33)44-36-22-12-10-20-34(36)40/h1-25H. The van der Waals surface area contributed by atoms with Gasteiger partial charge in [-0.1, -0.05) is 133 Å². The molecular weight excluding hydrogens is 538 g/mol. The van der Waals surface area contributed by atoms with Crippen molar-refractivity contribution >= 4 is 0 Å². The quantitative estimate of drug-likeness (QED) is 0.215. The van der Waals surface area contributed by atoms with Crippen molar-refractivity contribution in [3.63, 3.8) is 0 Å². The minimum Gasteiger partial charge on any atom is -0.457 e. The molecule has 1 aliphatic carbocycles. The number of nitrogens with zero attached hydrogens (tertiary/aromatic N) is 3. The van der Waals surface area contributed by atoms with Gasteiger partial charge in [-0.2, -0.15) is 0 Å². The van der Waals surface area contributed by atoms with Crippen LogP contribution in [0.1, 0.15) is 22.3 Å². The molecule has 2 aliphatic rings. The summed E-state index contributed by atoms with van der Waals surface area (Å²) in [5.41, 5.74) is 9.51. The fraction of sp³-hybridized carbons (Fsp3) is 0.0250. The van der Waals surface area contributed by atoms with Crippen molar-refractivity contribution in [3.8, 4) is 56.8 Å². The lowest BCUT2D eigenvalue weighted by atomic mass is 9.66. The SMILES string of the molecule is c1ccc(-c2nc(-c3ccccc3)nc(-c3ccc4c(c3)-c3ccccc3C43c4ccccc4Oc4ccccc43)n2)cc1. The summed E-state index contributed by atoms with van der Waals surface area (Å²) < 4.78 is 6.47. The highest BCUT2D eigenvalue weighted by Gasteiger charge is 2.50. The lowest BCUT2D eigenvalue weighted by Gasteiger charge is -2.39. The molecule has 0 saturated heterocycles. The van der Waals surface area contributed by atoms with Gasteiger partial charge in [0.05, 0.1) is 5.41 Å². The molecule has 7 aromatic rings. The minimum absolute atomic E-state index is 0.501. The Morgan fingerprint density at radius 1 is 0.364 bits per heavy atom. The lowest BCUT2D eigenvalue weighted by molar-refractivity contribution is 0.436. The van der Waals surface area contributed by atoms with Crippen LogP contribution in [0.5, 0.6) is 11.5 Å². The highest BCUT2D eigenvalue weighted by molar-refractivity contribution is 5.90. The van der Waals surface area contributed by atoms with Gasteiger partial charge in [0.15, 0.2) is 17.5 Å². The van der Waals surface area contributed by atoms with Gasteiger partial charge in [0, 0.05) is 27.8 Å². The summed E-state index contributed by atoms with van der Waals surface area (Å²) in [5.74, 6) is 3.72. The van der Waals surface area contributed by atoms with E-state index in [1.165, 1.54) is 22.3 Å². The number of ether oxygens (including phenoxy) is 1. The van der Waals surface area contributed by atoms with Crippen LogP contribution in [0.3, 0.4) is 0 Å². The third-order valence-corrected chi connectivity index (χ3v) is 8.80. The molecule has 206 valence electrons. The highest BCUT2D eigenvalue weighted by atomic mass is 16.5. The van der Waals surface area contributed by atoms with Gasteiger partial charge in [0.25, 0.3) is 0 Å². The molecule has 9 rings (SSSR count). The zero-order chi connectivity index (χ0) is 29.1. The molecule has 1 aromatic heterocycles. The third-order valence-electron chi connectivity index (χ3n) is 8.80. The Morgan fingerprint density at radius 2 is 0.818 bits per heavy atom. The van der Waals surface area contributed by atoms with Crippen LogP contribution >= 0.6 is 0 Å². The van der Waals surface area contributed by atoms with Gasteiger partial charge >= 0.3 is 0 Å². The minimum atomic E-state index is -0.501. The summed E-state index contributed by atoms with van der Waals surface area (Å²) in [6.07, 6.45) is 0.